The fraction of sp³-hybridized carbons (Fsp3) is 0.600. The summed E-state index contributed by atoms with van der Waals surface area (Å²) in [6, 6.07) is 1.56. The molecule has 3 rings (SSSR count). The Bertz CT molecular complexity index is 556. The van der Waals surface area contributed by atoms with Crippen LogP contribution in [0.1, 0.15) is 49.1 Å². The van der Waals surface area contributed by atoms with Crippen molar-refractivity contribution < 1.29 is 9.59 Å². The Hall–Kier alpha value is -1.98. The minimum atomic E-state index is -0.501. The lowest BCUT2D eigenvalue weighted by Gasteiger charge is -2.21. The second-order valence-corrected chi connectivity index (χ2v) is 6.02. The fourth-order valence-electron chi connectivity index (χ4n) is 2.88. The topological polar surface area (TPSA) is 80.4 Å². The number of hydrogen-bond donors (Lipinski definition) is 2. The van der Waals surface area contributed by atoms with E-state index >= 15 is 0 Å². The predicted molar refractivity (Wildman–Crippen MR) is 79.9 cm³/mol. The van der Waals surface area contributed by atoms with Crippen molar-refractivity contribution in [2.45, 2.75) is 44.7 Å². The van der Waals surface area contributed by atoms with E-state index in [-0.39, 0.29) is 11.8 Å². The third-order valence-electron chi connectivity index (χ3n) is 4.18. The Labute approximate surface area is 124 Å². The first-order valence-corrected chi connectivity index (χ1v) is 7.63. The second kappa shape index (κ2) is 5.42. The van der Waals surface area contributed by atoms with E-state index in [9.17, 15) is 9.59 Å². The molecule has 2 amide bonds. The molecule has 1 atom stereocenters. The average Bonchev–Trinajstić information content (AvgIpc) is 3.00. The van der Waals surface area contributed by atoms with Gasteiger partial charge >= 0.3 is 0 Å². The number of nitrogens with zero attached hydrogens (tertiary/aromatic N) is 2. The highest BCUT2D eigenvalue weighted by atomic mass is 16.2. The summed E-state index contributed by atoms with van der Waals surface area (Å²) in [4.78, 5) is 26.4. The summed E-state index contributed by atoms with van der Waals surface area (Å²) in [5, 5.41) is 2.80. The molecule has 1 aliphatic heterocycles. The number of nitrogen functional groups attached to an aromatic ring is 1. The zero-order valence-electron chi connectivity index (χ0n) is 12.3. The summed E-state index contributed by atoms with van der Waals surface area (Å²) in [5.41, 5.74) is 6.94. The number of amides is 2. The fourth-order valence-corrected chi connectivity index (χ4v) is 2.88. The number of anilines is 1. The van der Waals surface area contributed by atoms with Crippen LogP contribution in [0.2, 0.25) is 0 Å². The van der Waals surface area contributed by atoms with Gasteiger partial charge < -0.3 is 20.5 Å². The van der Waals surface area contributed by atoms with E-state index in [4.69, 9.17) is 5.73 Å². The molecule has 6 heteroatoms. The number of nitrogens with two attached hydrogens (primary N) is 1. The van der Waals surface area contributed by atoms with Crippen LogP contribution in [0.5, 0.6) is 0 Å². The van der Waals surface area contributed by atoms with Gasteiger partial charge in [0.2, 0.25) is 5.91 Å². The van der Waals surface area contributed by atoms with Gasteiger partial charge in [-0.25, -0.2) is 0 Å². The van der Waals surface area contributed by atoms with E-state index in [0.29, 0.717) is 17.4 Å². The van der Waals surface area contributed by atoms with Crippen molar-refractivity contribution in [2.24, 2.45) is 0 Å². The molecule has 0 spiro atoms. The Balaban J connectivity index is 1.66. The maximum Gasteiger partial charge on any atom is 0.268 e. The maximum atomic E-state index is 12.4. The van der Waals surface area contributed by atoms with Gasteiger partial charge in [0.25, 0.3) is 5.91 Å². The van der Waals surface area contributed by atoms with E-state index in [1.165, 1.54) is 0 Å². The van der Waals surface area contributed by atoms with Crippen LogP contribution in [0.3, 0.4) is 0 Å². The van der Waals surface area contributed by atoms with Crippen LogP contribution >= 0.6 is 0 Å². The summed E-state index contributed by atoms with van der Waals surface area (Å²) < 4.78 is 1.93. The van der Waals surface area contributed by atoms with Crippen molar-refractivity contribution in [3.63, 3.8) is 0 Å². The molecule has 2 fully saturated rings. The molecule has 1 unspecified atom stereocenters. The van der Waals surface area contributed by atoms with E-state index in [2.05, 4.69) is 5.32 Å². The molecular weight excluding hydrogens is 268 g/mol. The van der Waals surface area contributed by atoms with Gasteiger partial charge in [0, 0.05) is 25.3 Å². The standard InChI is InChI=1S/C15H22N4O2/c1-10(15(21)18-6-2-3-7-18)17-14(20)13-8-11(16)9-19(13)12-4-5-12/h8-10,12H,2-7,16H2,1H3,(H,17,20). The molecule has 1 saturated carbocycles. The highest BCUT2D eigenvalue weighted by molar-refractivity contribution is 5.97. The quantitative estimate of drug-likeness (QED) is 0.872. The van der Waals surface area contributed by atoms with Crippen molar-refractivity contribution >= 4 is 17.5 Å². The molecule has 2 heterocycles. The Morgan fingerprint density at radius 2 is 2.00 bits per heavy atom. The zero-order valence-corrected chi connectivity index (χ0v) is 12.3. The second-order valence-electron chi connectivity index (χ2n) is 6.02. The molecule has 6 nitrogen and oxygen atoms in total. The number of hydrogen-bond acceptors (Lipinski definition) is 3. The van der Waals surface area contributed by atoms with Gasteiger partial charge in [0.15, 0.2) is 0 Å². The molecule has 1 aromatic heterocycles. The molecule has 0 radical (unpaired) electrons. The normalized spacial score (nSPS) is 19.6. The van der Waals surface area contributed by atoms with Crippen molar-refractivity contribution in [1.82, 2.24) is 14.8 Å². The third-order valence-corrected chi connectivity index (χ3v) is 4.18. The third kappa shape index (κ3) is 2.89. The lowest BCUT2D eigenvalue weighted by Crippen LogP contribution is -2.46. The van der Waals surface area contributed by atoms with Crippen LogP contribution in [-0.4, -0.2) is 40.4 Å². The zero-order chi connectivity index (χ0) is 15.0. The highest BCUT2D eigenvalue weighted by Gasteiger charge is 2.29. The molecule has 1 saturated heterocycles. The Morgan fingerprint density at radius 3 is 2.62 bits per heavy atom. The lowest BCUT2D eigenvalue weighted by molar-refractivity contribution is -0.131. The van der Waals surface area contributed by atoms with Gasteiger partial charge in [-0.1, -0.05) is 0 Å². The first-order valence-electron chi connectivity index (χ1n) is 7.63. The van der Waals surface area contributed by atoms with Crippen LogP contribution in [0.25, 0.3) is 0 Å². The Morgan fingerprint density at radius 1 is 1.33 bits per heavy atom. The van der Waals surface area contributed by atoms with E-state index in [0.717, 1.165) is 38.8 Å². The van der Waals surface area contributed by atoms with Crippen LogP contribution in [0.15, 0.2) is 12.3 Å². The van der Waals surface area contributed by atoms with E-state index < -0.39 is 6.04 Å². The van der Waals surface area contributed by atoms with Crippen LogP contribution in [-0.2, 0) is 4.79 Å². The number of nitrogens with one attached hydrogen (secondary N) is 1. The number of likely N-dealkylation sites (tertiary alicyclic amines) is 1. The first-order chi connectivity index (χ1) is 10.1. The molecule has 1 aromatic rings. The molecule has 2 aliphatic rings. The largest absolute Gasteiger partial charge is 0.397 e. The molecule has 0 bridgehead atoms. The van der Waals surface area contributed by atoms with Gasteiger partial charge in [0.1, 0.15) is 11.7 Å². The van der Waals surface area contributed by atoms with Gasteiger partial charge in [-0.2, -0.15) is 0 Å². The minimum absolute atomic E-state index is 0.00153. The molecule has 0 aromatic carbocycles. The van der Waals surface area contributed by atoms with Crippen LogP contribution in [0.4, 0.5) is 5.69 Å². The number of aromatic nitrogens is 1. The Kier molecular flexibility index (Phi) is 3.61. The number of carbonyl (C=O) groups is 2. The summed E-state index contributed by atoms with van der Waals surface area (Å²) in [7, 11) is 0. The van der Waals surface area contributed by atoms with Gasteiger partial charge in [-0.15, -0.1) is 0 Å². The molecule has 114 valence electrons. The van der Waals surface area contributed by atoms with Gasteiger partial charge in [-0.3, -0.25) is 9.59 Å². The van der Waals surface area contributed by atoms with Crippen LogP contribution in [0, 0.1) is 0 Å². The van der Waals surface area contributed by atoms with E-state index in [1.807, 2.05) is 9.47 Å². The summed E-state index contributed by atoms with van der Waals surface area (Å²) in [6.45, 7) is 3.33. The SMILES string of the molecule is CC(NC(=O)c1cc(N)cn1C1CC1)C(=O)N1CCCC1. The van der Waals surface area contributed by atoms with Crippen LogP contribution < -0.4 is 11.1 Å². The monoisotopic (exact) mass is 290 g/mol. The van der Waals surface area contributed by atoms with Crippen molar-refractivity contribution in [1.29, 1.82) is 0 Å². The summed E-state index contributed by atoms with van der Waals surface area (Å²) in [5.74, 6) is -0.225. The predicted octanol–water partition coefficient (Wildman–Crippen LogP) is 1.15. The average molecular weight is 290 g/mol. The molecule has 21 heavy (non-hydrogen) atoms. The van der Waals surface area contributed by atoms with Crippen molar-refractivity contribution in [3.05, 3.63) is 18.0 Å². The maximum absolute atomic E-state index is 12.4. The molecular formula is C15H22N4O2. The molecule has 1 aliphatic carbocycles. The highest BCUT2D eigenvalue weighted by Crippen LogP contribution is 2.37. The van der Waals surface area contributed by atoms with Gasteiger partial charge in [-0.05, 0) is 38.7 Å². The lowest BCUT2D eigenvalue weighted by atomic mass is 10.2. The summed E-state index contributed by atoms with van der Waals surface area (Å²) >= 11 is 0. The minimum Gasteiger partial charge on any atom is -0.397 e. The number of carbonyl (C=O) groups excluding carboxylic acids is 2. The first kappa shape index (κ1) is 14.0. The van der Waals surface area contributed by atoms with E-state index in [1.54, 1.807) is 19.2 Å². The number of rotatable bonds is 4. The summed E-state index contributed by atoms with van der Waals surface area (Å²) in [6.07, 6.45) is 6.06. The molecule has 3 N–H and O–H groups in total. The van der Waals surface area contributed by atoms with Crippen molar-refractivity contribution in [2.75, 3.05) is 18.8 Å². The van der Waals surface area contributed by atoms with Gasteiger partial charge in [0.05, 0.1) is 5.69 Å². The smallest absolute Gasteiger partial charge is 0.268 e. The van der Waals surface area contributed by atoms with Crippen molar-refractivity contribution in [3.8, 4) is 0 Å².